The number of nitrogens with one attached hydrogen (secondary N) is 3. The number of hydrogen-bond acceptors (Lipinski definition) is 8. The Morgan fingerprint density at radius 1 is 0.931 bits per heavy atom. The zero-order valence-electron chi connectivity index (χ0n) is 15.6. The average molecular weight is 419 g/mol. The lowest BCUT2D eigenvalue weighted by Gasteiger charge is -2.25. The van der Waals surface area contributed by atoms with Crippen LogP contribution in [0, 0.1) is 0 Å². The number of aliphatic carboxylic acids is 2. The lowest BCUT2D eigenvalue weighted by Crippen LogP contribution is -2.59. The predicted octanol–water partition coefficient (Wildman–Crippen LogP) is -4.39. The number of amides is 4. The van der Waals surface area contributed by atoms with Crippen molar-refractivity contribution in [2.24, 2.45) is 11.5 Å². The number of primary amides is 1. The molecule has 0 radical (unpaired) electrons. The number of carboxylic acid groups (broad SMARTS) is 2. The first-order valence-corrected chi connectivity index (χ1v) is 8.39. The lowest BCUT2D eigenvalue weighted by molar-refractivity contribution is -0.139. The molecular weight excluding hydrogens is 394 g/mol. The van der Waals surface area contributed by atoms with Gasteiger partial charge in [0.25, 0.3) is 0 Å². The highest BCUT2D eigenvalue weighted by Gasteiger charge is 2.31. The Morgan fingerprint density at radius 3 is 1.97 bits per heavy atom. The van der Waals surface area contributed by atoms with E-state index in [9.17, 15) is 33.9 Å². The highest BCUT2D eigenvalue weighted by molar-refractivity contribution is 5.95. The summed E-state index contributed by atoms with van der Waals surface area (Å²) < 4.78 is 0. The first kappa shape index (κ1) is 25.7. The van der Waals surface area contributed by atoms with Crippen molar-refractivity contribution in [3.05, 3.63) is 0 Å². The van der Waals surface area contributed by atoms with Crippen molar-refractivity contribution in [2.75, 3.05) is 6.54 Å². The molecule has 0 saturated carbocycles. The SMILES string of the molecule is CC(O)C(NC(=O)C(N)CCC(=O)O)C(=O)NC(CC(N)=O)C(=O)NCC(=O)O. The fraction of sp³-hybridized carbons (Fsp3) is 0.600. The fourth-order valence-corrected chi connectivity index (χ4v) is 2.03. The maximum Gasteiger partial charge on any atom is 0.322 e. The summed E-state index contributed by atoms with van der Waals surface area (Å²) in [6.07, 6.45) is -2.75. The molecule has 14 nitrogen and oxygen atoms in total. The van der Waals surface area contributed by atoms with Crippen LogP contribution in [0.1, 0.15) is 26.2 Å². The normalized spacial score (nSPS) is 14.6. The van der Waals surface area contributed by atoms with Gasteiger partial charge in [-0.3, -0.25) is 28.8 Å². The molecular formula is C15H25N5O9. The molecule has 0 aromatic rings. The summed E-state index contributed by atoms with van der Waals surface area (Å²) >= 11 is 0. The number of carbonyl (C=O) groups excluding carboxylic acids is 4. The highest BCUT2D eigenvalue weighted by atomic mass is 16.4. The molecule has 0 rings (SSSR count). The summed E-state index contributed by atoms with van der Waals surface area (Å²) in [6, 6.07) is -4.43. The van der Waals surface area contributed by atoms with E-state index in [4.69, 9.17) is 21.7 Å². The van der Waals surface area contributed by atoms with Crippen LogP contribution in [0.2, 0.25) is 0 Å². The minimum absolute atomic E-state index is 0.225. The van der Waals surface area contributed by atoms with Gasteiger partial charge < -0.3 is 42.7 Å². The third kappa shape index (κ3) is 10.6. The summed E-state index contributed by atoms with van der Waals surface area (Å²) in [6.45, 7) is 0.375. The molecule has 0 aromatic heterocycles. The van der Waals surface area contributed by atoms with E-state index in [1.165, 1.54) is 0 Å². The Morgan fingerprint density at radius 2 is 1.52 bits per heavy atom. The zero-order valence-corrected chi connectivity index (χ0v) is 15.6. The van der Waals surface area contributed by atoms with Gasteiger partial charge in [-0.1, -0.05) is 0 Å². The highest BCUT2D eigenvalue weighted by Crippen LogP contribution is 2.01. The van der Waals surface area contributed by atoms with E-state index in [0.717, 1.165) is 6.92 Å². The zero-order chi connectivity index (χ0) is 22.7. The topological polar surface area (TPSA) is 251 Å². The molecule has 0 aromatic carbocycles. The Bertz CT molecular complexity index is 652. The number of hydrogen-bond donors (Lipinski definition) is 8. The number of nitrogens with two attached hydrogens (primary N) is 2. The Labute approximate surface area is 165 Å². The van der Waals surface area contributed by atoms with Gasteiger partial charge in [-0.2, -0.15) is 0 Å². The first-order valence-electron chi connectivity index (χ1n) is 8.39. The van der Waals surface area contributed by atoms with Crippen LogP contribution in [0.15, 0.2) is 0 Å². The summed E-state index contributed by atoms with van der Waals surface area (Å²) in [5, 5.41) is 33.1. The Hall–Kier alpha value is -3.26. The number of aliphatic hydroxyl groups excluding tert-OH is 1. The van der Waals surface area contributed by atoms with E-state index in [1.807, 2.05) is 5.32 Å². The third-order valence-corrected chi connectivity index (χ3v) is 3.52. The molecule has 0 aliphatic carbocycles. The maximum absolute atomic E-state index is 12.4. The van der Waals surface area contributed by atoms with E-state index in [1.54, 1.807) is 0 Å². The summed E-state index contributed by atoms with van der Waals surface area (Å²) in [5.74, 6) is -6.54. The van der Waals surface area contributed by atoms with Gasteiger partial charge in [-0.05, 0) is 13.3 Å². The second-order valence-corrected chi connectivity index (χ2v) is 6.11. The summed E-state index contributed by atoms with van der Waals surface area (Å²) in [5.41, 5.74) is 10.5. The molecule has 4 atom stereocenters. The first-order chi connectivity index (χ1) is 13.3. The molecule has 0 fully saturated rings. The van der Waals surface area contributed by atoms with Crippen LogP contribution in [-0.4, -0.2) is 81.7 Å². The summed E-state index contributed by atoms with van der Waals surface area (Å²) in [7, 11) is 0. The van der Waals surface area contributed by atoms with Crippen LogP contribution in [0.5, 0.6) is 0 Å². The number of carboxylic acids is 2. The van der Waals surface area contributed by atoms with Crippen LogP contribution in [-0.2, 0) is 28.8 Å². The van der Waals surface area contributed by atoms with Gasteiger partial charge in [0.1, 0.15) is 18.6 Å². The lowest BCUT2D eigenvalue weighted by atomic mass is 10.1. The van der Waals surface area contributed by atoms with E-state index in [-0.39, 0.29) is 6.42 Å². The van der Waals surface area contributed by atoms with Crippen molar-refractivity contribution in [1.82, 2.24) is 16.0 Å². The molecule has 4 unspecified atom stereocenters. The summed E-state index contributed by atoms with van der Waals surface area (Å²) in [4.78, 5) is 68.5. The average Bonchev–Trinajstić information content (AvgIpc) is 2.60. The van der Waals surface area contributed by atoms with Crippen molar-refractivity contribution in [2.45, 2.75) is 50.4 Å². The molecule has 0 aliphatic rings. The quantitative estimate of drug-likeness (QED) is 0.142. The van der Waals surface area contributed by atoms with Crippen LogP contribution in [0.3, 0.4) is 0 Å². The van der Waals surface area contributed by atoms with E-state index < -0.39 is 79.2 Å². The van der Waals surface area contributed by atoms with E-state index in [2.05, 4.69) is 10.6 Å². The van der Waals surface area contributed by atoms with E-state index >= 15 is 0 Å². The number of rotatable bonds is 13. The molecule has 29 heavy (non-hydrogen) atoms. The number of carbonyl (C=O) groups is 6. The molecule has 10 N–H and O–H groups in total. The molecule has 0 spiro atoms. The van der Waals surface area contributed by atoms with E-state index in [0.29, 0.717) is 0 Å². The van der Waals surface area contributed by atoms with Gasteiger partial charge in [-0.15, -0.1) is 0 Å². The second kappa shape index (κ2) is 12.2. The fourth-order valence-electron chi connectivity index (χ4n) is 2.03. The van der Waals surface area contributed by atoms with Crippen LogP contribution in [0.4, 0.5) is 0 Å². The van der Waals surface area contributed by atoms with Crippen LogP contribution < -0.4 is 27.4 Å². The molecule has 0 heterocycles. The molecule has 4 amide bonds. The number of aliphatic hydroxyl groups is 1. The standard InChI is InChI=1S/C15H25N5O9/c1-6(21)12(20-13(27)7(16)2-3-10(23)24)15(29)19-8(4-9(17)22)14(28)18-5-11(25)26/h6-8,12,21H,2-5,16H2,1H3,(H2,17,22)(H,18,28)(H,19,29)(H,20,27)(H,23,24)(H,25,26). The van der Waals surface area contributed by atoms with Crippen molar-refractivity contribution >= 4 is 35.6 Å². The molecule has 164 valence electrons. The minimum Gasteiger partial charge on any atom is -0.481 e. The Balaban J connectivity index is 5.15. The molecule has 0 aliphatic heterocycles. The van der Waals surface area contributed by atoms with Gasteiger partial charge in [0, 0.05) is 6.42 Å². The van der Waals surface area contributed by atoms with Crippen molar-refractivity contribution < 1.29 is 44.1 Å². The van der Waals surface area contributed by atoms with Gasteiger partial charge in [0.2, 0.25) is 23.6 Å². The molecule has 0 bridgehead atoms. The third-order valence-electron chi connectivity index (χ3n) is 3.52. The maximum atomic E-state index is 12.4. The largest absolute Gasteiger partial charge is 0.481 e. The molecule has 14 heteroatoms. The smallest absolute Gasteiger partial charge is 0.322 e. The van der Waals surface area contributed by atoms with Gasteiger partial charge >= 0.3 is 11.9 Å². The monoisotopic (exact) mass is 419 g/mol. The van der Waals surface area contributed by atoms with Crippen LogP contribution >= 0.6 is 0 Å². The van der Waals surface area contributed by atoms with Crippen molar-refractivity contribution in [1.29, 1.82) is 0 Å². The molecule has 0 saturated heterocycles. The predicted molar refractivity (Wildman–Crippen MR) is 94.8 cm³/mol. The van der Waals surface area contributed by atoms with Crippen molar-refractivity contribution in [3.8, 4) is 0 Å². The Kier molecular flexibility index (Phi) is 10.9. The minimum atomic E-state index is -1.60. The van der Waals surface area contributed by atoms with Gasteiger partial charge in [-0.25, -0.2) is 0 Å². The van der Waals surface area contributed by atoms with Crippen molar-refractivity contribution in [3.63, 3.8) is 0 Å². The van der Waals surface area contributed by atoms with Gasteiger partial charge in [0.05, 0.1) is 18.6 Å². The van der Waals surface area contributed by atoms with Gasteiger partial charge in [0.15, 0.2) is 0 Å². The van der Waals surface area contributed by atoms with Crippen LogP contribution in [0.25, 0.3) is 0 Å². The second-order valence-electron chi connectivity index (χ2n) is 6.11.